The summed E-state index contributed by atoms with van der Waals surface area (Å²) in [5.41, 5.74) is 0. The second kappa shape index (κ2) is 4.71. The van der Waals surface area contributed by atoms with Crippen molar-refractivity contribution in [1.82, 2.24) is 0 Å². The van der Waals surface area contributed by atoms with Gasteiger partial charge in [0.1, 0.15) is 0 Å². The predicted octanol–water partition coefficient (Wildman–Crippen LogP) is 0.803. The van der Waals surface area contributed by atoms with Crippen molar-refractivity contribution in [3.63, 3.8) is 0 Å². The first-order valence-corrected chi connectivity index (χ1v) is 3.62. The molecule has 0 amide bonds. The van der Waals surface area contributed by atoms with E-state index in [0.29, 0.717) is 6.42 Å². The quantitative estimate of drug-likeness (QED) is 0.576. The van der Waals surface area contributed by atoms with E-state index in [1.54, 1.807) is 0 Å². The van der Waals surface area contributed by atoms with E-state index in [0.717, 1.165) is 0 Å². The van der Waals surface area contributed by atoms with Crippen LogP contribution in [-0.2, 0) is 14.3 Å². The van der Waals surface area contributed by atoms with Crippen LogP contribution in [0.15, 0.2) is 0 Å². The van der Waals surface area contributed by atoms with Gasteiger partial charge in [-0.25, -0.2) is 4.79 Å². The number of carbonyl (C=O) groups excluding carboxylic acids is 1. The van der Waals surface area contributed by atoms with Crippen LogP contribution in [0.2, 0.25) is 0 Å². The molecule has 0 aliphatic carbocycles. The molecule has 64 valence electrons. The number of rotatable bonds is 1. The van der Waals surface area contributed by atoms with Crippen LogP contribution in [0, 0.1) is 0 Å². The average Bonchev–Trinajstić information content (AvgIpc) is 2.40. The first-order chi connectivity index (χ1) is 5.20. The van der Waals surface area contributed by atoms with E-state index in [2.05, 4.69) is 4.74 Å². The molecule has 1 atom stereocenters. The van der Waals surface area contributed by atoms with Gasteiger partial charge in [0.25, 0.3) is 0 Å². The SMILES string of the molecule is CC.O=C1CC[C@H](C(=O)O)O1. The van der Waals surface area contributed by atoms with Gasteiger partial charge in [-0.15, -0.1) is 0 Å². The van der Waals surface area contributed by atoms with Crippen LogP contribution in [0.1, 0.15) is 26.7 Å². The Morgan fingerprint density at radius 1 is 1.64 bits per heavy atom. The summed E-state index contributed by atoms with van der Waals surface area (Å²) in [5, 5.41) is 8.25. The molecule has 1 aliphatic rings. The molecule has 4 heteroatoms. The summed E-state index contributed by atoms with van der Waals surface area (Å²) >= 11 is 0. The summed E-state index contributed by atoms with van der Waals surface area (Å²) in [7, 11) is 0. The van der Waals surface area contributed by atoms with Crippen LogP contribution >= 0.6 is 0 Å². The largest absolute Gasteiger partial charge is 0.479 e. The number of hydrogen-bond donors (Lipinski definition) is 1. The average molecular weight is 160 g/mol. The Balaban J connectivity index is 0.000000461. The molecular weight excluding hydrogens is 148 g/mol. The van der Waals surface area contributed by atoms with Gasteiger partial charge in [-0.3, -0.25) is 4.79 Å². The molecule has 1 heterocycles. The zero-order valence-corrected chi connectivity index (χ0v) is 6.66. The summed E-state index contributed by atoms with van der Waals surface area (Å²) in [6.45, 7) is 4.00. The number of carboxylic acids is 1. The topological polar surface area (TPSA) is 63.6 Å². The monoisotopic (exact) mass is 160 g/mol. The smallest absolute Gasteiger partial charge is 0.345 e. The third kappa shape index (κ3) is 3.02. The number of carboxylic acid groups (broad SMARTS) is 1. The van der Waals surface area contributed by atoms with Crippen molar-refractivity contribution in [3.05, 3.63) is 0 Å². The first kappa shape index (κ1) is 9.94. The van der Waals surface area contributed by atoms with Gasteiger partial charge in [-0.2, -0.15) is 0 Å². The van der Waals surface area contributed by atoms with Gasteiger partial charge in [0.15, 0.2) is 6.10 Å². The molecule has 0 bridgehead atoms. The van der Waals surface area contributed by atoms with Gasteiger partial charge >= 0.3 is 11.9 Å². The molecule has 1 saturated heterocycles. The van der Waals surface area contributed by atoms with Crippen LogP contribution in [0.3, 0.4) is 0 Å². The van der Waals surface area contributed by atoms with Crippen molar-refractivity contribution in [3.8, 4) is 0 Å². The normalized spacial score (nSPS) is 21.6. The molecule has 4 nitrogen and oxygen atoms in total. The van der Waals surface area contributed by atoms with Gasteiger partial charge in [0.05, 0.1) is 0 Å². The zero-order chi connectivity index (χ0) is 8.85. The Morgan fingerprint density at radius 2 is 2.18 bits per heavy atom. The number of carbonyl (C=O) groups is 2. The highest BCUT2D eigenvalue weighted by atomic mass is 16.6. The third-order valence-electron chi connectivity index (χ3n) is 1.16. The molecule has 0 aromatic carbocycles. The van der Waals surface area contributed by atoms with Crippen LogP contribution in [-0.4, -0.2) is 23.1 Å². The van der Waals surface area contributed by atoms with Crippen molar-refractivity contribution in [2.24, 2.45) is 0 Å². The maximum Gasteiger partial charge on any atom is 0.345 e. The van der Waals surface area contributed by atoms with E-state index in [1.807, 2.05) is 13.8 Å². The van der Waals surface area contributed by atoms with Gasteiger partial charge in [0.2, 0.25) is 0 Å². The molecule has 0 spiro atoms. The minimum Gasteiger partial charge on any atom is -0.479 e. The molecule has 11 heavy (non-hydrogen) atoms. The van der Waals surface area contributed by atoms with E-state index in [-0.39, 0.29) is 6.42 Å². The lowest BCUT2D eigenvalue weighted by molar-refractivity contribution is -0.156. The molecule has 1 fully saturated rings. The standard InChI is InChI=1S/C5H6O4.C2H6/c6-4-2-1-3(9-4)5(7)8;1-2/h3H,1-2H2,(H,7,8);1-2H3/t3-;/m1./s1. The van der Waals surface area contributed by atoms with Crippen LogP contribution in [0.4, 0.5) is 0 Å². The molecule has 1 aliphatic heterocycles. The highest BCUT2D eigenvalue weighted by Crippen LogP contribution is 2.12. The first-order valence-electron chi connectivity index (χ1n) is 3.62. The van der Waals surface area contributed by atoms with Gasteiger partial charge in [0, 0.05) is 12.8 Å². The fraction of sp³-hybridized carbons (Fsp3) is 0.714. The van der Waals surface area contributed by atoms with Crippen molar-refractivity contribution >= 4 is 11.9 Å². The predicted molar refractivity (Wildman–Crippen MR) is 38.1 cm³/mol. The minimum atomic E-state index is -1.05. The lowest BCUT2D eigenvalue weighted by Gasteiger charge is -1.99. The summed E-state index contributed by atoms with van der Waals surface area (Å²) < 4.78 is 4.38. The van der Waals surface area contributed by atoms with E-state index in [9.17, 15) is 9.59 Å². The number of ether oxygens (including phenoxy) is 1. The number of aliphatic carboxylic acids is 1. The Hall–Kier alpha value is -1.06. The molecule has 1 rings (SSSR count). The van der Waals surface area contributed by atoms with Crippen molar-refractivity contribution in [2.75, 3.05) is 0 Å². The zero-order valence-electron chi connectivity index (χ0n) is 6.66. The minimum absolute atomic E-state index is 0.233. The Kier molecular flexibility index (Phi) is 4.26. The molecule has 1 N–H and O–H groups in total. The fourth-order valence-corrected chi connectivity index (χ4v) is 0.699. The molecule has 0 aromatic heterocycles. The maximum absolute atomic E-state index is 10.3. The molecule has 0 aromatic rings. The van der Waals surface area contributed by atoms with E-state index in [1.165, 1.54) is 0 Å². The maximum atomic E-state index is 10.3. The second-order valence-corrected chi connectivity index (χ2v) is 1.86. The van der Waals surface area contributed by atoms with E-state index >= 15 is 0 Å². The highest BCUT2D eigenvalue weighted by molar-refractivity contribution is 5.81. The highest BCUT2D eigenvalue weighted by Gasteiger charge is 2.28. The van der Waals surface area contributed by atoms with Crippen LogP contribution in [0.5, 0.6) is 0 Å². The van der Waals surface area contributed by atoms with E-state index in [4.69, 9.17) is 5.11 Å². The Morgan fingerprint density at radius 3 is 2.36 bits per heavy atom. The molecule has 0 unspecified atom stereocenters. The summed E-state index contributed by atoms with van der Waals surface area (Å²) in [4.78, 5) is 20.3. The summed E-state index contributed by atoms with van der Waals surface area (Å²) in [5.74, 6) is -1.47. The van der Waals surface area contributed by atoms with Crippen molar-refractivity contribution in [1.29, 1.82) is 0 Å². The number of hydrogen-bond acceptors (Lipinski definition) is 3. The summed E-state index contributed by atoms with van der Waals surface area (Å²) in [6, 6.07) is 0. The van der Waals surface area contributed by atoms with Gasteiger partial charge in [-0.1, -0.05) is 13.8 Å². The van der Waals surface area contributed by atoms with Crippen LogP contribution in [0.25, 0.3) is 0 Å². The second-order valence-electron chi connectivity index (χ2n) is 1.86. The molecule has 0 saturated carbocycles. The molecular formula is C7H12O4. The Bertz CT molecular complexity index is 153. The third-order valence-corrected chi connectivity index (χ3v) is 1.16. The molecule has 0 radical (unpaired) electrons. The van der Waals surface area contributed by atoms with Crippen LogP contribution < -0.4 is 0 Å². The number of cyclic esters (lactones) is 1. The lowest BCUT2D eigenvalue weighted by atomic mass is 10.2. The Labute approximate surface area is 65.2 Å². The lowest BCUT2D eigenvalue weighted by Crippen LogP contribution is -2.18. The summed E-state index contributed by atoms with van der Waals surface area (Å²) in [6.07, 6.45) is -0.344. The van der Waals surface area contributed by atoms with Crippen molar-refractivity contribution in [2.45, 2.75) is 32.8 Å². The fourth-order valence-electron chi connectivity index (χ4n) is 0.699. The number of esters is 1. The van der Waals surface area contributed by atoms with E-state index < -0.39 is 18.0 Å². The van der Waals surface area contributed by atoms with Gasteiger partial charge in [-0.05, 0) is 0 Å². The van der Waals surface area contributed by atoms with Crippen molar-refractivity contribution < 1.29 is 19.4 Å². The van der Waals surface area contributed by atoms with Gasteiger partial charge < -0.3 is 9.84 Å².